The lowest BCUT2D eigenvalue weighted by Crippen LogP contribution is -2.40. The normalized spacial score (nSPS) is 21.5. The van der Waals surface area contributed by atoms with Gasteiger partial charge < -0.3 is 19.9 Å². The average molecular weight is 279 g/mol. The van der Waals surface area contributed by atoms with Crippen molar-refractivity contribution < 1.29 is 14.6 Å². The second kappa shape index (κ2) is 6.46. The molecule has 1 unspecified atom stereocenters. The number of ether oxygens (including phenoxy) is 2. The van der Waals surface area contributed by atoms with E-state index in [0.29, 0.717) is 12.6 Å². The molecule has 1 aliphatic rings. The van der Waals surface area contributed by atoms with Crippen molar-refractivity contribution in [2.24, 2.45) is 0 Å². The number of benzene rings is 1. The van der Waals surface area contributed by atoms with Gasteiger partial charge in [-0.1, -0.05) is 0 Å². The Morgan fingerprint density at radius 1 is 1.45 bits per heavy atom. The van der Waals surface area contributed by atoms with Crippen LogP contribution in [0, 0.1) is 0 Å². The second-order valence-electron chi connectivity index (χ2n) is 5.86. The molecule has 2 rings (SSSR count). The highest BCUT2D eigenvalue weighted by molar-refractivity contribution is 5.51. The lowest BCUT2D eigenvalue weighted by Gasteiger charge is -2.36. The Kier molecular flexibility index (Phi) is 4.89. The van der Waals surface area contributed by atoms with Crippen LogP contribution in [0.15, 0.2) is 18.2 Å². The van der Waals surface area contributed by atoms with Gasteiger partial charge in [-0.15, -0.1) is 0 Å². The monoisotopic (exact) mass is 279 g/mol. The van der Waals surface area contributed by atoms with E-state index < -0.39 is 0 Å². The van der Waals surface area contributed by atoms with E-state index in [-0.39, 0.29) is 12.2 Å². The summed E-state index contributed by atoms with van der Waals surface area (Å²) in [6.07, 6.45) is 1.99. The van der Waals surface area contributed by atoms with Gasteiger partial charge in [-0.25, -0.2) is 0 Å². The lowest BCUT2D eigenvalue weighted by atomic mass is 9.93. The Bertz CT molecular complexity index is 445. The highest BCUT2D eigenvalue weighted by Crippen LogP contribution is 2.28. The van der Waals surface area contributed by atoms with Crippen molar-refractivity contribution in [3.8, 4) is 5.75 Å². The Labute approximate surface area is 121 Å². The van der Waals surface area contributed by atoms with Crippen LogP contribution < -0.4 is 10.1 Å². The molecule has 1 aromatic rings. The summed E-state index contributed by atoms with van der Waals surface area (Å²) in [5, 5.41) is 13.0. The molecule has 0 radical (unpaired) electrons. The number of nitrogens with one attached hydrogen (secondary N) is 1. The van der Waals surface area contributed by atoms with Crippen LogP contribution in [0.25, 0.3) is 0 Å². The number of hydrogen-bond acceptors (Lipinski definition) is 4. The molecule has 1 aliphatic heterocycles. The Balaban J connectivity index is 2.06. The van der Waals surface area contributed by atoms with Crippen molar-refractivity contribution >= 4 is 5.69 Å². The molecule has 1 fully saturated rings. The molecule has 2 N–H and O–H groups in total. The molecule has 0 spiro atoms. The Morgan fingerprint density at radius 3 is 2.90 bits per heavy atom. The third-order valence-corrected chi connectivity index (χ3v) is 3.60. The summed E-state index contributed by atoms with van der Waals surface area (Å²) in [6.45, 7) is 7.57. The second-order valence-corrected chi connectivity index (χ2v) is 5.86. The average Bonchev–Trinajstić information content (AvgIpc) is 2.39. The molecule has 0 aromatic heterocycles. The molecule has 0 aliphatic carbocycles. The van der Waals surface area contributed by atoms with E-state index in [2.05, 4.69) is 19.2 Å². The maximum absolute atomic E-state index is 9.43. The van der Waals surface area contributed by atoms with Crippen molar-refractivity contribution in [2.45, 2.75) is 51.9 Å². The summed E-state index contributed by atoms with van der Waals surface area (Å²) in [7, 11) is 0. The summed E-state index contributed by atoms with van der Waals surface area (Å²) in [5.41, 5.74) is 1.78. The molecule has 1 heterocycles. The van der Waals surface area contributed by atoms with Crippen LogP contribution in [0.3, 0.4) is 0 Å². The van der Waals surface area contributed by atoms with Crippen LogP contribution in [0.2, 0.25) is 0 Å². The largest absolute Gasteiger partial charge is 0.494 e. The van der Waals surface area contributed by atoms with Crippen LogP contribution in [0.4, 0.5) is 5.69 Å². The fraction of sp³-hybridized carbons (Fsp3) is 0.625. The van der Waals surface area contributed by atoms with Gasteiger partial charge in [-0.05, 0) is 51.8 Å². The molecule has 0 saturated carbocycles. The van der Waals surface area contributed by atoms with Gasteiger partial charge >= 0.3 is 0 Å². The van der Waals surface area contributed by atoms with Crippen molar-refractivity contribution in [3.63, 3.8) is 0 Å². The molecule has 1 aromatic carbocycles. The highest BCUT2D eigenvalue weighted by Gasteiger charge is 2.28. The Morgan fingerprint density at radius 2 is 2.25 bits per heavy atom. The van der Waals surface area contributed by atoms with E-state index in [1.807, 2.05) is 25.1 Å². The van der Waals surface area contributed by atoms with Crippen LogP contribution >= 0.6 is 0 Å². The zero-order valence-electron chi connectivity index (χ0n) is 12.6. The first-order chi connectivity index (χ1) is 9.54. The molecule has 1 atom stereocenters. The molecule has 112 valence electrons. The first-order valence-electron chi connectivity index (χ1n) is 7.31. The highest BCUT2D eigenvalue weighted by atomic mass is 16.5. The van der Waals surface area contributed by atoms with Crippen molar-refractivity contribution in [1.82, 2.24) is 0 Å². The summed E-state index contributed by atoms with van der Waals surface area (Å²) in [4.78, 5) is 0. The fourth-order valence-corrected chi connectivity index (χ4v) is 2.68. The minimum absolute atomic E-state index is 0.00980. The summed E-state index contributed by atoms with van der Waals surface area (Å²) in [6, 6.07) is 6.30. The van der Waals surface area contributed by atoms with Gasteiger partial charge in [0.05, 0.1) is 18.8 Å². The summed E-state index contributed by atoms with van der Waals surface area (Å²) in [5.74, 6) is 0.757. The Hall–Kier alpha value is -1.26. The number of aliphatic hydroxyl groups excluding tert-OH is 1. The molecule has 20 heavy (non-hydrogen) atoms. The molecular weight excluding hydrogens is 254 g/mol. The van der Waals surface area contributed by atoms with Crippen LogP contribution in [-0.4, -0.2) is 30.0 Å². The zero-order chi connectivity index (χ0) is 14.6. The van der Waals surface area contributed by atoms with E-state index in [1.165, 1.54) is 0 Å². The third-order valence-electron chi connectivity index (χ3n) is 3.60. The standard InChI is InChI=1S/C16H25NO3/c1-4-19-15-6-5-13(9-12(15)11-18)17-14-7-8-20-16(2,3)10-14/h5-6,9,14,17-18H,4,7-8,10-11H2,1-3H3. The van der Waals surface area contributed by atoms with Crippen molar-refractivity contribution in [2.75, 3.05) is 18.5 Å². The summed E-state index contributed by atoms with van der Waals surface area (Å²) < 4.78 is 11.2. The third kappa shape index (κ3) is 3.87. The molecule has 0 bridgehead atoms. The topological polar surface area (TPSA) is 50.7 Å². The van der Waals surface area contributed by atoms with E-state index in [4.69, 9.17) is 9.47 Å². The number of rotatable bonds is 5. The van der Waals surface area contributed by atoms with Gasteiger partial charge in [-0.3, -0.25) is 0 Å². The number of aliphatic hydroxyl groups is 1. The van der Waals surface area contributed by atoms with Gasteiger partial charge in [0.25, 0.3) is 0 Å². The maximum atomic E-state index is 9.43. The van der Waals surface area contributed by atoms with Crippen LogP contribution in [0.1, 0.15) is 39.2 Å². The minimum atomic E-state index is -0.0685. The van der Waals surface area contributed by atoms with E-state index in [9.17, 15) is 5.11 Å². The van der Waals surface area contributed by atoms with Crippen molar-refractivity contribution in [3.05, 3.63) is 23.8 Å². The quantitative estimate of drug-likeness (QED) is 0.870. The SMILES string of the molecule is CCOc1ccc(NC2CCOC(C)(C)C2)cc1CO. The molecule has 4 nitrogen and oxygen atoms in total. The van der Waals surface area contributed by atoms with Crippen LogP contribution in [-0.2, 0) is 11.3 Å². The number of hydrogen-bond donors (Lipinski definition) is 2. The van der Waals surface area contributed by atoms with Crippen LogP contribution in [0.5, 0.6) is 5.75 Å². The van der Waals surface area contributed by atoms with Gasteiger partial charge in [0.1, 0.15) is 5.75 Å². The molecule has 1 saturated heterocycles. The summed E-state index contributed by atoms with van der Waals surface area (Å²) >= 11 is 0. The van der Waals surface area contributed by atoms with E-state index in [1.54, 1.807) is 0 Å². The predicted molar refractivity (Wildman–Crippen MR) is 80.2 cm³/mol. The number of anilines is 1. The van der Waals surface area contributed by atoms with Gasteiger partial charge in [0.2, 0.25) is 0 Å². The lowest BCUT2D eigenvalue weighted by molar-refractivity contribution is -0.0553. The molecular formula is C16H25NO3. The van der Waals surface area contributed by atoms with Gasteiger partial charge in [0, 0.05) is 23.9 Å². The van der Waals surface area contributed by atoms with Crippen molar-refractivity contribution in [1.29, 1.82) is 0 Å². The fourth-order valence-electron chi connectivity index (χ4n) is 2.68. The zero-order valence-corrected chi connectivity index (χ0v) is 12.6. The van der Waals surface area contributed by atoms with E-state index in [0.717, 1.165) is 36.4 Å². The first kappa shape index (κ1) is 15.1. The first-order valence-corrected chi connectivity index (χ1v) is 7.31. The van der Waals surface area contributed by atoms with E-state index >= 15 is 0 Å². The molecule has 0 amide bonds. The smallest absolute Gasteiger partial charge is 0.124 e. The predicted octanol–water partition coefficient (Wildman–Crippen LogP) is 2.95. The van der Waals surface area contributed by atoms with Gasteiger partial charge in [0.15, 0.2) is 0 Å². The van der Waals surface area contributed by atoms with Gasteiger partial charge in [-0.2, -0.15) is 0 Å². The minimum Gasteiger partial charge on any atom is -0.494 e. The molecule has 4 heteroatoms. The maximum Gasteiger partial charge on any atom is 0.124 e.